The molecule has 136 valence electrons. The average Bonchev–Trinajstić information content (AvgIpc) is 3.11. The van der Waals surface area contributed by atoms with E-state index in [1.807, 2.05) is 26.0 Å². The minimum absolute atomic E-state index is 0.143. The zero-order chi connectivity index (χ0) is 18.4. The third-order valence-corrected chi connectivity index (χ3v) is 5.75. The maximum atomic E-state index is 13.6. The van der Waals surface area contributed by atoms with Crippen molar-refractivity contribution in [2.24, 2.45) is 5.92 Å². The van der Waals surface area contributed by atoms with Crippen LogP contribution in [0.2, 0.25) is 0 Å². The predicted molar refractivity (Wildman–Crippen MR) is 95.3 cm³/mol. The van der Waals surface area contributed by atoms with Crippen molar-refractivity contribution in [2.75, 3.05) is 0 Å². The summed E-state index contributed by atoms with van der Waals surface area (Å²) in [5.74, 6) is -0.831. The molecule has 0 radical (unpaired) electrons. The number of carbonyl (C=O) groups is 1. The maximum absolute atomic E-state index is 13.6. The number of ether oxygens (including phenoxy) is 1. The monoisotopic (exact) mass is 356 g/mol. The first-order valence-electron chi connectivity index (χ1n) is 9.22. The number of hydrogen-bond donors (Lipinski definition) is 0. The summed E-state index contributed by atoms with van der Waals surface area (Å²) in [5.41, 5.74) is 3.66. The largest absolute Gasteiger partial charge is 0.459 e. The molecule has 4 rings (SSSR count). The van der Waals surface area contributed by atoms with Crippen LogP contribution in [0.15, 0.2) is 36.4 Å². The zero-order valence-corrected chi connectivity index (χ0v) is 15.0. The Balaban J connectivity index is 1.51. The number of esters is 1. The Bertz CT molecular complexity index is 805. The van der Waals surface area contributed by atoms with Gasteiger partial charge in [-0.05, 0) is 91.8 Å². The normalized spacial score (nSPS) is 23.3. The highest BCUT2D eigenvalue weighted by Crippen LogP contribution is 2.58. The van der Waals surface area contributed by atoms with Crippen molar-refractivity contribution in [3.63, 3.8) is 0 Å². The highest BCUT2D eigenvalue weighted by atomic mass is 19.2. The summed E-state index contributed by atoms with van der Waals surface area (Å²) >= 11 is 0. The topological polar surface area (TPSA) is 26.3 Å². The summed E-state index contributed by atoms with van der Waals surface area (Å²) in [6, 6.07) is 10.3. The summed E-state index contributed by atoms with van der Waals surface area (Å²) in [4.78, 5) is 11.9. The van der Waals surface area contributed by atoms with Gasteiger partial charge < -0.3 is 4.74 Å². The van der Waals surface area contributed by atoms with Crippen LogP contribution in [0.4, 0.5) is 8.78 Å². The van der Waals surface area contributed by atoms with E-state index in [9.17, 15) is 13.6 Å². The van der Waals surface area contributed by atoms with Crippen molar-refractivity contribution >= 4 is 5.97 Å². The molecule has 0 heterocycles. The summed E-state index contributed by atoms with van der Waals surface area (Å²) in [6.45, 7) is 3.65. The highest BCUT2D eigenvalue weighted by Gasteiger charge is 2.46. The van der Waals surface area contributed by atoms with Gasteiger partial charge in [0.15, 0.2) is 11.6 Å². The molecule has 0 aliphatic heterocycles. The molecule has 2 unspecified atom stereocenters. The molecule has 0 amide bonds. The Kier molecular flexibility index (Phi) is 4.29. The van der Waals surface area contributed by atoms with E-state index in [1.165, 1.54) is 12.1 Å². The predicted octanol–water partition coefficient (Wildman–Crippen LogP) is 5.36. The molecule has 2 aliphatic rings. The first-order chi connectivity index (χ1) is 12.4. The maximum Gasteiger partial charge on any atom is 0.338 e. The first-order valence-corrected chi connectivity index (χ1v) is 9.22. The van der Waals surface area contributed by atoms with Gasteiger partial charge in [-0.3, -0.25) is 0 Å². The standard InChI is InChI=1S/C22H22F2O2/c1-12(2)26-22(25)14-5-3-13(4-6-14)9-17-15-7-8-16(17)19-11-21(24)20(23)10-18(15)19/h3-6,10-12,15-17H,7-9H2,1-2H3. The van der Waals surface area contributed by atoms with Crippen molar-refractivity contribution in [3.05, 3.63) is 70.3 Å². The van der Waals surface area contributed by atoms with Gasteiger partial charge >= 0.3 is 5.97 Å². The molecule has 2 nitrogen and oxygen atoms in total. The van der Waals surface area contributed by atoms with E-state index in [4.69, 9.17) is 4.74 Å². The Morgan fingerprint density at radius 2 is 1.58 bits per heavy atom. The quantitative estimate of drug-likeness (QED) is 0.689. The molecule has 2 aromatic rings. The third kappa shape index (κ3) is 2.91. The minimum atomic E-state index is -0.747. The van der Waals surface area contributed by atoms with Gasteiger partial charge in [0.1, 0.15) is 0 Å². The van der Waals surface area contributed by atoms with E-state index in [-0.39, 0.29) is 12.1 Å². The van der Waals surface area contributed by atoms with Crippen molar-refractivity contribution in [1.29, 1.82) is 0 Å². The summed E-state index contributed by atoms with van der Waals surface area (Å²) in [7, 11) is 0. The van der Waals surface area contributed by atoms with Crippen LogP contribution in [0.5, 0.6) is 0 Å². The number of rotatable bonds is 4. The lowest BCUT2D eigenvalue weighted by Gasteiger charge is -2.16. The molecule has 0 N–H and O–H groups in total. The average molecular weight is 356 g/mol. The zero-order valence-electron chi connectivity index (χ0n) is 15.0. The van der Waals surface area contributed by atoms with Gasteiger partial charge in [-0.15, -0.1) is 0 Å². The third-order valence-electron chi connectivity index (χ3n) is 5.75. The van der Waals surface area contributed by atoms with Gasteiger partial charge in [0.25, 0.3) is 0 Å². The van der Waals surface area contributed by atoms with E-state index in [0.29, 0.717) is 23.3 Å². The van der Waals surface area contributed by atoms with Crippen LogP contribution in [-0.2, 0) is 11.2 Å². The lowest BCUT2D eigenvalue weighted by Crippen LogP contribution is -2.12. The van der Waals surface area contributed by atoms with Crippen molar-refractivity contribution in [1.82, 2.24) is 0 Å². The Hall–Kier alpha value is -2.23. The Morgan fingerprint density at radius 3 is 2.08 bits per heavy atom. The summed E-state index contributed by atoms with van der Waals surface area (Å²) in [5, 5.41) is 0. The molecule has 0 saturated heterocycles. The molecule has 4 heteroatoms. The summed E-state index contributed by atoms with van der Waals surface area (Å²) < 4.78 is 32.5. The van der Waals surface area contributed by atoms with Crippen LogP contribution < -0.4 is 0 Å². The molecular weight excluding hydrogens is 334 g/mol. The van der Waals surface area contributed by atoms with Gasteiger partial charge in [0, 0.05) is 0 Å². The molecule has 1 saturated carbocycles. The van der Waals surface area contributed by atoms with Gasteiger partial charge in [-0.25, -0.2) is 13.6 Å². The van der Waals surface area contributed by atoms with Gasteiger partial charge in [-0.1, -0.05) is 12.1 Å². The second-order valence-electron chi connectivity index (χ2n) is 7.70. The van der Waals surface area contributed by atoms with E-state index in [1.54, 1.807) is 12.1 Å². The lowest BCUT2D eigenvalue weighted by atomic mass is 9.88. The number of fused-ring (bicyclic) bond motifs is 5. The first kappa shape index (κ1) is 17.2. The molecule has 2 atom stereocenters. The van der Waals surface area contributed by atoms with Gasteiger partial charge in [-0.2, -0.15) is 0 Å². The minimum Gasteiger partial charge on any atom is -0.459 e. The Morgan fingerprint density at radius 1 is 1.04 bits per heavy atom. The lowest BCUT2D eigenvalue weighted by molar-refractivity contribution is 0.0378. The molecule has 2 bridgehead atoms. The highest BCUT2D eigenvalue weighted by molar-refractivity contribution is 5.89. The van der Waals surface area contributed by atoms with E-state index in [0.717, 1.165) is 36.0 Å². The second kappa shape index (κ2) is 6.49. The Labute approximate surface area is 152 Å². The van der Waals surface area contributed by atoms with E-state index >= 15 is 0 Å². The molecule has 2 aliphatic carbocycles. The SMILES string of the molecule is CC(C)OC(=O)c1ccc(CC2C3CCC2c2cc(F)c(F)cc23)cc1. The van der Waals surface area contributed by atoms with Crippen molar-refractivity contribution in [2.45, 2.75) is 51.0 Å². The number of benzene rings is 2. The molecule has 0 aromatic heterocycles. The molecule has 26 heavy (non-hydrogen) atoms. The van der Waals surface area contributed by atoms with Gasteiger partial charge in [0.05, 0.1) is 11.7 Å². The fourth-order valence-corrected chi connectivity index (χ4v) is 4.68. The second-order valence-corrected chi connectivity index (χ2v) is 7.70. The molecule has 0 spiro atoms. The van der Waals surface area contributed by atoms with Gasteiger partial charge in [0.2, 0.25) is 0 Å². The van der Waals surface area contributed by atoms with Crippen LogP contribution in [0.25, 0.3) is 0 Å². The fraction of sp³-hybridized carbons (Fsp3) is 0.409. The van der Waals surface area contributed by atoms with Crippen molar-refractivity contribution in [3.8, 4) is 0 Å². The van der Waals surface area contributed by atoms with E-state index in [2.05, 4.69) is 0 Å². The molecule has 1 fully saturated rings. The molecular formula is C22H22F2O2. The fourth-order valence-electron chi connectivity index (χ4n) is 4.68. The van der Waals surface area contributed by atoms with Crippen LogP contribution in [0.1, 0.15) is 65.6 Å². The smallest absolute Gasteiger partial charge is 0.338 e. The van der Waals surface area contributed by atoms with Crippen LogP contribution in [0, 0.1) is 17.6 Å². The number of halogens is 2. The van der Waals surface area contributed by atoms with E-state index < -0.39 is 11.6 Å². The van der Waals surface area contributed by atoms with Crippen LogP contribution >= 0.6 is 0 Å². The van der Waals surface area contributed by atoms with Crippen LogP contribution in [-0.4, -0.2) is 12.1 Å². The number of carbonyl (C=O) groups excluding carboxylic acids is 1. The number of hydrogen-bond acceptors (Lipinski definition) is 2. The molecule has 2 aromatic carbocycles. The van der Waals surface area contributed by atoms with Crippen molar-refractivity contribution < 1.29 is 18.3 Å². The van der Waals surface area contributed by atoms with Crippen LogP contribution in [0.3, 0.4) is 0 Å². The summed E-state index contributed by atoms with van der Waals surface area (Å²) in [6.07, 6.45) is 2.78.